The van der Waals surface area contributed by atoms with E-state index < -0.39 is 0 Å². The number of nitrogens with one attached hydrogen (secondary N) is 1. The normalized spacial score (nSPS) is 22.0. The minimum atomic E-state index is 0.226. The van der Waals surface area contributed by atoms with Crippen LogP contribution in [-0.2, 0) is 22.5 Å². The van der Waals surface area contributed by atoms with Crippen molar-refractivity contribution in [3.63, 3.8) is 0 Å². The van der Waals surface area contributed by atoms with E-state index in [1.165, 1.54) is 16.9 Å². The lowest BCUT2D eigenvalue weighted by molar-refractivity contribution is -0.131. The largest absolute Gasteiger partial charge is 0.381 e. The van der Waals surface area contributed by atoms with E-state index in [2.05, 4.69) is 16.8 Å². The third-order valence-corrected chi connectivity index (χ3v) is 5.21. The maximum Gasteiger partial charge on any atom is 0.236 e. The van der Waals surface area contributed by atoms with E-state index in [0.717, 1.165) is 45.7 Å². The van der Waals surface area contributed by atoms with E-state index >= 15 is 0 Å². The molecule has 0 bridgehead atoms. The van der Waals surface area contributed by atoms with Gasteiger partial charge in [-0.3, -0.25) is 4.79 Å². The molecule has 1 fully saturated rings. The molecule has 1 aromatic heterocycles. The summed E-state index contributed by atoms with van der Waals surface area (Å²) in [4.78, 5) is 15.6. The molecule has 2 aliphatic heterocycles. The Morgan fingerprint density at radius 1 is 1.55 bits per heavy atom. The molecule has 1 amide bonds. The highest BCUT2D eigenvalue weighted by Crippen LogP contribution is 2.23. The van der Waals surface area contributed by atoms with Gasteiger partial charge in [0.2, 0.25) is 5.91 Å². The quantitative estimate of drug-likeness (QED) is 0.840. The summed E-state index contributed by atoms with van der Waals surface area (Å²) >= 11 is 1.81. The smallest absolute Gasteiger partial charge is 0.236 e. The van der Waals surface area contributed by atoms with Gasteiger partial charge < -0.3 is 15.0 Å². The lowest BCUT2D eigenvalue weighted by Gasteiger charge is -2.27. The van der Waals surface area contributed by atoms with Gasteiger partial charge in [0.1, 0.15) is 0 Å². The van der Waals surface area contributed by atoms with Crippen molar-refractivity contribution in [2.45, 2.75) is 25.8 Å². The van der Waals surface area contributed by atoms with Crippen LogP contribution in [0.4, 0.5) is 0 Å². The van der Waals surface area contributed by atoms with E-state index in [0.29, 0.717) is 12.5 Å². The summed E-state index contributed by atoms with van der Waals surface area (Å²) in [5.41, 5.74) is 1.33. The van der Waals surface area contributed by atoms with Crippen molar-refractivity contribution in [1.82, 2.24) is 10.2 Å². The molecule has 110 valence electrons. The van der Waals surface area contributed by atoms with Gasteiger partial charge >= 0.3 is 0 Å². The van der Waals surface area contributed by atoms with Gasteiger partial charge in [-0.05, 0) is 48.7 Å². The fraction of sp³-hybridized carbons (Fsp3) is 0.667. The second-order valence-electron chi connectivity index (χ2n) is 5.63. The Morgan fingerprint density at radius 3 is 3.35 bits per heavy atom. The van der Waals surface area contributed by atoms with Gasteiger partial charge in [0, 0.05) is 31.2 Å². The first-order chi connectivity index (χ1) is 9.83. The summed E-state index contributed by atoms with van der Waals surface area (Å²) in [7, 11) is 0. The van der Waals surface area contributed by atoms with Crippen molar-refractivity contribution >= 4 is 17.2 Å². The summed E-state index contributed by atoms with van der Waals surface area (Å²) in [6.45, 7) is 4.83. The first kappa shape index (κ1) is 14.0. The maximum absolute atomic E-state index is 12.2. The van der Waals surface area contributed by atoms with Crippen molar-refractivity contribution in [2.75, 3.05) is 32.8 Å². The van der Waals surface area contributed by atoms with Crippen LogP contribution in [-0.4, -0.2) is 43.7 Å². The van der Waals surface area contributed by atoms with Crippen molar-refractivity contribution in [3.8, 4) is 0 Å². The zero-order valence-corrected chi connectivity index (χ0v) is 12.6. The van der Waals surface area contributed by atoms with Crippen LogP contribution >= 0.6 is 11.3 Å². The van der Waals surface area contributed by atoms with Crippen LogP contribution in [0.1, 0.15) is 23.3 Å². The summed E-state index contributed by atoms with van der Waals surface area (Å²) in [5.74, 6) is 0.908. The van der Waals surface area contributed by atoms with Gasteiger partial charge in [0.15, 0.2) is 0 Å². The van der Waals surface area contributed by atoms with Crippen LogP contribution in [0.15, 0.2) is 11.4 Å². The molecule has 1 unspecified atom stereocenters. The number of thiophene rings is 1. The minimum Gasteiger partial charge on any atom is -0.381 e. The van der Waals surface area contributed by atoms with E-state index in [4.69, 9.17) is 4.74 Å². The number of rotatable bonds is 5. The molecule has 1 atom stereocenters. The second-order valence-corrected chi connectivity index (χ2v) is 6.63. The third kappa shape index (κ3) is 3.40. The highest BCUT2D eigenvalue weighted by molar-refractivity contribution is 7.10. The topological polar surface area (TPSA) is 41.6 Å². The molecule has 20 heavy (non-hydrogen) atoms. The Morgan fingerprint density at radius 2 is 2.50 bits per heavy atom. The third-order valence-electron chi connectivity index (χ3n) is 4.19. The first-order valence-electron chi connectivity index (χ1n) is 7.44. The predicted octanol–water partition coefficient (Wildman–Crippen LogP) is 1.65. The molecule has 1 saturated heterocycles. The molecule has 2 aliphatic rings. The van der Waals surface area contributed by atoms with Gasteiger partial charge in [-0.25, -0.2) is 0 Å². The summed E-state index contributed by atoms with van der Waals surface area (Å²) in [6.07, 6.45) is 3.29. The minimum absolute atomic E-state index is 0.226. The maximum atomic E-state index is 12.2. The summed E-state index contributed by atoms with van der Waals surface area (Å²) in [5, 5.41) is 5.41. The number of nitrogens with zero attached hydrogens (tertiary/aromatic N) is 1. The van der Waals surface area contributed by atoms with Crippen LogP contribution in [0.3, 0.4) is 0 Å². The lowest BCUT2D eigenvalue weighted by Crippen LogP contribution is -2.41. The average molecular weight is 294 g/mol. The van der Waals surface area contributed by atoms with Gasteiger partial charge in [0.25, 0.3) is 0 Å². The van der Waals surface area contributed by atoms with Gasteiger partial charge in [-0.15, -0.1) is 11.3 Å². The molecular formula is C15H22N2O2S. The Kier molecular flexibility index (Phi) is 4.70. The Bertz CT molecular complexity index is 454. The van der Waals surface area contributed by atoms with E-state index in [1.807, 2.05) is 16.2 Å². The molecule has 0 radical (unpaired) electrons. The predicted molar refractivity (Wildman–Crippen MR) is 79.9 cm³/mol. The Hall–Kier alpha value is -0.910. The van der Waals surface area contributed by atoms with Gasteiger partial charge in [-0.2, -0.15) is 0 Å². The Labute approximate surface area is 124 Å². The highest BCUT2D eigenvalue weighted by Gasteiger charge is 2.21. The molecule has 4 nitrogen and oxygen atoms in total. The van der Waals surface area contributed by atoms with E-state index in [-0.39, 0.29) is 5.91 Å². The van der Waals surface area contributed by atoms with Crippen molar-refractivity contribution in [1.29, 1.82) is 0 Å². The standard InChI is InChI=1S/C15H22N2O2S/c18-15(9-16-5-1-12-3-7-19-11-12)17-6-2-14-13(10-17)4-8-20-14/h4,8,12,16H,1-3,5-7,9-11H2. The number of carbonyl (C=O) groups excluding carboxylic acids is 1. The molecule has 0 saturated carbocycles. The van der Waals surface area contributed by atoms with Gasteiger partial charge in [-0.1, -0.05) is 0 Å². The fourth-order valence-electron chi connectivity index (χ4n) is 2.89. The van der Waals surface area contributed by atoms with E-state index in [1.54, 1.807) is 0 Å². The molecule has 0 aliphatic carbocycles. The van der Waals surface area contributed by atoms with Crippen molar-refractivity contribution < 1.29 is 9.53 Å². The van der Waals surface area contributed by atoms with Crippen molar-refractivity contribution in [3.05, 3.63) is 21.9 Å². The van der Waals surface area contributed by atoms with E-state index in [9.17, 15) is 4.79 Å². The van der Waals surface area contributed by atoms with Crippen LogP contribution < -0.4 is 5.32 Å². The first-order valence-corrected chi connectivity index (χ1v) is 8.32. The number of ether oxygens (including phenoxy) is 1. The average Bonchev–Trinajstić information content (AvgIpc) is 3.13. The number of hydrogen-bond donors (Lipinski definition) is 1. The second kappa shape index (κ2) is 6.70. The number of carbonyl (C=O) groups is 1. The molecule has 1 aromatic rings. The number of fused-ring (bicyclic) bond motifs is 1. The zero-order chi connectivity index (χ0) is 13.8. The molecule has 1 N–H and O–H groups in total. The molecule has 0 spiro atoms. The molecule has 0 aromatic carbocycles. The lowest BCUT2D eigenvalue weighted by atomic mass is 10.1. The Balaban J connectivity index is 1.37. The SMILES string of the molecule is O=C(CNCCC1CCOC1)N1CCc2sccc2C1. The highest BCUT2D eigenvalue weighted by atomic mass is 32.1. The fourth-order valence-corrected chi connectivity index (χ4v) is 3.78. The van der Waals surface area contributed by atoms with Gasteiger partial charge in [0.05, 0.1) is 6.54 Å². The van der Waals surface area contributed by atoms with Crippen LogP contribution in [0, 0.1) is 5.92 Å². The molecule has 5 heteroatoms. The number of hydrogen-bond acceptors (Lipinski definition) is 4. The van der Waals surface area contributed by atoms with Crippen molar-refractivity contribution in [2.24, 2.45) is 5.92 Å². The molecular weight excluding hydrogens is 272 g/mol. The van der Waals surface area contributed by atoms with Crippen LogP contribution in [0.2, 0.25) is 0 Å². The molecule has 3 heterocycles. The van der Waals surface area contributed by atoms with Crippen LogP contribution in [0.5, 0.6) is 0 Å². The molecule has 3 rings (SSSR count). The zero-order valence-electron chi connectivity index (χ0n) is 11.8. The summed E-state index contributed by atoms with van der Waals surface area (Å²) in [6, 6.07) is 2.15. The van der Waals surface area contributed by atoms with Crippen LogP contribution in [0.25, 0.3) is 0 Å². The monoisotopic (exact) mass is 294 g/mol. The number of amides is 1. The summed E-state index contributed by atoms with van der Waals surface area (Å²) < 4.78 is 5.35.